The van der Waals surface area contributed by atoms with Gasteiger partial charge in [0.05, 0.1) is 5.69 Å². The van der Waals surface area contributed by atoms with Crippen molar-refractivity contribution in [3.63, 3.8) is 0 Å². The van der Waals surface area contributed by atoms with Crippen LogP contribution in [0.1, 0.15) is 5.69 Å². The molecule has 1 heterocycles. The Morgan fingerprint density at radius 3 is 2.55 bits per heavy atom. The summed E-state index contributed by atoms with van der Waals surface area (Å²) in [6.07, 6.45) is -3.53. The highest BCUT2D eigenvalue weighted by atomic mass is 19.4. The Balaban J connectivity index is 2.02. The lowest BCUT2D eigenvalue weighted by Gasteiger charge is -2.06. The molecule has 1 aromatic carbocycles. The van der Waals surface area contributed by atoms with E-state index >= 15 is 0 Å². The lowest BCUT2D eigenvalue weighted by atomic mass is 10.3. The number of hydrogen-bond donors (Lipinski definition) is 1. The molecule has 0 saturated heterocycles. The molecule has 4 nitrogen and oxygen atoms in total. The van der Waals surface area contributed by atoms with Crippen LogP contribution in [0.4, 0.5) is 23.2 Å². The monoisotopic (exact) mass is 287 g/mol. The predicted molar refractivity (Wildman–Crippen MR) is 62.3 cm³/mol. The van der Waals surface area contributed by atoms with E-state index in [0.29, 0.717) is 0 Å². The van der Waals surface area contributed by atoms with Crippen molar-refractivity contribution >= 4 is 11.6 Å². The number of amides is 1. The molecular formula is C12H9F4N3O. The van der Waals surface area contributed by atoms with Gasteiger partial charge in [-0.3, -0.25) is 9.48 Å². The van der Waals surface area contributed by atoms with Gasteiger partial charge in [-0.1, -0.05) is 12.1 Å². The van der Waals surface area contributed by atoms with Gasteiger partial charge in [0.1, 0.15) is 12.4 Å². The molecule has 0 saturated carbocycles. The van der Waals surface area contributed by atoms with Crippen LogP contribution < -0.4 is 5.32 Å². The number of carbonyl (C=O) groups excluding carboxylic acids is 1. The van der Waals surface area contributed by atoms with E-state index in [0.717, 1.165) is 23.0 Å². The minimum Gasteiger partial charge on any atom is -0.322 e. The highest BCUT2D eigenvalue weighted by Crippen LogP contribution is 2.27. The third-order valence-corrected chi connectivity index (χ3v) is 2.38. The van der Waals surface area contributed by atoms with Crippen molar-refractivity contribution in [2.45, 2.75) is 12.7 Å². The van der Waals surface area contributed by atoms with Gasteiger partial charge in [0.2, 0.25) is 5.91 Å². The quantitative estimate of drug-likeness (QED) is 0.882. The number of alkyl halides is 3. The topological polar surface area (TPSA) is 46.9 Å². The summed E-state index contributed by atoms with van der Waals surface area (Å²) in [4.78, 5) is 11.6. The molecule has 20 heavy (non-hydrogen) atoms. The van der Waals surface area contributed by atoms with Gasteiger partial charge in [0.25, 0.3) is 0 Å². The van der Waals surface area contributed by atoms with Crippen molar-refractivity contribution in [1.29, 1.82) is 0 Å². The molecule has 1 N–H and O–H groups in total. The predicted octanol–water partition coefficient (Wildman–Crippen LogP) is 2.68. The molecule has 0 fully saturated rings. The van der Waals surface area contributed by atoms with E-state index < -0.39 is 30.1 Å². The Morgan fingerprint density at radius 1 is 1.25 bits per heavy atom. The lowest BCUT2D eigenvalue weighted by Crippen LogP contribution is -2.20. The summed E-state index contributed by atoms with van der Waals surface area (Å²) in [7, 11) is 0. The van der Waals surface area contributed by atoms with Gasteiger partial charge >= 0.3 is 6.18 Å². The van der Waals surface area contributed by atoms with Crippen molar-refractivity contribution in [2.24, 2.45) is 0 Å². The molecule has 1 amide bonds. The van der Waals surface area contributed by atoms with E-state index in [1.807, 2.05) is 0 Å². The molecule has 1 aromatic heterocycles. The van der Waals surface area contributed by atoms with Gasteiger partial charge in [-0.2, -0.15) is 18.3 Å². The van der Waals surface area contributed by atoms with Crippen LogP contribution in [0.5, 0.6) is 0 Å². The summed E-state index contributed by atoms with van der Waals surface area (Å²) < 4.78 is 51.0. The first-order valence-electron chi connectivity index (χ1n) is 5.51. The van der Waals surface area contributed by atoms with Gasteiger partial charge in [0, 0.05) is 6.20 Å². The van der Waals surface area contributed by atoms with Crippen LogP contribution in [-0.2, 0) is 17.5 Å². The third-order valence-electron chi connectivity index (χ3n) is 2.38. The highest BCUT2D eigenvalue weighted by molar-refractivity contribution is 5.90. The summed E-state index contributed by atoms with van der Waals surface area (Å²) in [5.74, 6) is -1.30. The van der Waals surface area contributed by atoms with E-state index in [1.54, 1.807) is 0 Å². The molecule has 2 rings (SSSR count). The number of rotatable bonds is 3. The zero-order valence-electron chi connectivity index (χ0n) is 9.99. The molecule has 0 aliphatic carbocycles. The largest absolute Gasteiger partial charge is 0.435 e. The Kier molecular flexibility index (Phi) is 3.73. The number of anilines is 1. The summed E-state index contributed by atoms with van der Waals surface area (Å²) >= 11 is 0. The van der Waals surface area contributed by atoms with Crippen molar-refractivity contribution in [2.75, 3.05) is 5.32 Å². The van der Waals surface area contributed by atoms with Gasteiger partial charge in [-0.05, 0) is 18.2 Å². The molecule has 0 atom stereocenters. The SMILES string of the molecule is O=C(Cn1ccc(C(F)(F)F)n1)Nc1ccccc1F. The Bertz CT molecular complexity index is 621. The van der Waals surface area contributed by atoms with E-state index in [2.05, 4.69) is 10.4 Å². The van der Waals surface area contributed by atoms with Crippen LogP contribution in [0, 0.1) is 5.82 Å². The summed E-state index contributed by atoms with van der Waals surface area (Å²) in [5, 5.41) is 5.47. The third kappa shape index (κ3) is 3.34. The molecule has 2 aromatic rings. The maximum absolute atomic E-state index is 13.3. The number of hydrogen-bond acceptors (Lipinski definition) is 2. The molecule has 0 spiro atoms. The zero-order valence-corrected chi connectivity index (χ0v) is 9.99. The zero-order chi connectivity index (χ0) is 14.8. The summed E-state index contributed by atoms with van der Waals surface area (Å²) in [5.41, 5.74) is -1.13. The molecular weight excluding hydrogens is 278 g/mol. The molecule has 0 radical (unpaired) electrons. The molecule has 0 aliphatic rings. The Labute approximate surface area is 111 Å². The molecule has 0 aliphatic heterocycles. The van der Waals surface area contributed by atoms with Crippen molar-refractivity contribution < 1.29 is 22.4 Å². The lowest BCUT2D eigenvalue weighted by molar-refractivity contribution is -0.141. The Morgan fingerprint density at radius 2 is 1.95 bits per heavy atom. The number of benzene rings is 1. The van der Waals surface area contributed by atoms with E-state index in [1.165, 1.54) is 18.2 Å². The van der Waals surface area contributed by atoms with E-state index in [-0.39, 0.29) is 5.69 Å². The van der Waals surface area contributed by atoms with Gasteiger partial charge < -0.3 is 5.32 Å². The maximum Gasteiger partial charge on any atom is 0.435 e. The molecule has 0 unspecified atom stereocenters. The van der Waals surface area contributed by atoms with Crippen molar-refractivity contribution in [3.8, 4) is 0 Å². The van der Waals surface area contributed by atoms with Crippen LogP contribution in [0.15, 0.2) is 36.5 Å². The average Bonchev–Trinajstić information content (AvgIpc) is 2.80. The second-order valence-corrected chi connectivity index (χ2v) is 3.92. The van der Waals surface area contributed by atoms with E-state index in [4.69, 9.17) is 0 Å². The van der Waals surface area contributed by atoms with Crippen molar-refractivity contribution in [1.82, 2.24) is 9.78 Å². The number of halogens is 4. The van der Waals surface area contributed by atoms with Gasteiger partial charge in [-0.15, -0.1) is 0 Å². The number of aromatic nitrogens is 2. The second kappa shape index (κ2) is 5.32. The van der Waals surface area contributed by atoms with Crippen molar-refractivity contribution in [3.05, 3.63) is 48.0 Å². The normalized spacial score (nSPS) is 11.4. The first-order valence-corrected chi connectivity index (χ1v) is 5.51. The number of nitrogens with zero attached hydrogens (tertiary/aromatic N) is 2. The molecule has 106 valence electrons. The fourth-order valence-electron chi connectivity index (χ4n) is 1.50. The minimum absolute atomic E-state index is 0.0410. The first kappa shape index (κ1) is 14.0. The van der Waals surface area contributed by atoms with Crippen LogP contribution in [-0.4, -0.2) is 15.7 Å². The van der Waals surface area contributed by atoms with Gasteiger partial charge in [0.15, 0.2) is 5.69 Å². The Hall–Kier alpha value is -2.38. The van der Waals surface area contributed by atoms with Crippen LogP contribution in [0.25, 0.3) is 0 Å². The second-order valence-electron chi connectivity index (χ2n) is 3.92. The van der Waals surface area contributed by atoms with E-state index in [9.17, 15) is 22.4 Å². The summed E-state index contributed by atoms with van der Waals surface area (Å²) in [6.45, 7) is -0.440. The molecule has 0 bridgehead atoms. The number of nitrogens with one attached hydrogen (secondary N) is 1. The first-order chi connectivity index (χ1) is 9.36. The minimum atomic E-state index is -4.56. The molecule has 8 heteroatoms. The number of carbonyl (C=O) groups is 1. The fourth-order valence-corrected chi connectivity index (χ4v) is 1.50. The standard InChI is InChI=1S/C12H9F4N3O/c13-8-3-1-2-4-9(8)17-11(20)7-19-6-5-10(18-19)12(14,15)16/h1-6H,7H2,(H,17,20). The number of para-hydroxylation sites is 1. The van der Waals surface area contributed by atoms with Gasteiger partial charge in [-0.25, -0.2) is 4.39 Å². The van der Waals surface area contributed by atoms with Crippen LogP contribution in [0.3, 0.4) is 0 Å². The fraction of sp³-hybridized carbons (Fsp3) is 0.167. The summed E-state index contributed by atoms with van der Waals surface area (Å²) in [6, 6.07) is 6.24. The highest BCUT2D eigenvalue weighted by Gasteiger charge is 2.33. The van der Waals surface area contributed by atoms with Crippen LogP contribution in [0.2, 0.25) is 0 Å². The van der Waals surface area contributed by atoms with Crippen LogP contribution >= 0.6 is 0 Å². The smallest absolute Gasteiger partial charge is 0.322 e. The average molecular weight is 287 g/mol. The maximum atomic E-state index is 13.3.